The van der Waals surface area contributed by atoms with Gasteiger partial charge in [0.1, 0.15) is 10.7 Å². The van der Waals surface area contributed by atoms with Gasteiger partial charge in [0.05, 0.1) is 12.0 Å². The van der Waals surface area contributed by atoms with E-state index in [4.69, 9.17) is 9.72 Å². The molecular weight excluding hydrogens is 440 g/mol. The first kappa shape index (κ1) is 23.7. The summed E-state index contributed by atoms with van der Waals surface area (Å²) < 4.78 is 5.02. The van der Waals surface area contributed by atoms with Crippen LogP contribution in [0.2, 0.25) is 0 Å². The Bertz CT molecular complexity index is 1090. The number of piperazine rings is 1. The van der Waals surface area contributed by atoms with Gasteiger partial charge in [-0.3, -0.25) is 9.59 Å². The molecule has 0 saturated carbocycles. The van der Waals surface area contributed by atoms with E-state index in [0.29, 0.717) is 50.9 Å². The Morgan fingerprint density at radius 3 is 2.55 bits per heavy atom. The zero-order chi connectivity index (χ0) is 23.8. The molecule has 2 aromatic heterocycles. The lowest BCUT2D eigenvalue weighted by Gasteiger charge is -2.34. The number of ether oxygens (including phenoxy) is 1. The zero-order valence-electron chi connectivity index (χ0n) is 20.0. The van der Waals surface area contributed by atoms with Crippen LogP contribution in [-0.4, -0.2) is 64.6 Å². The second kappa shape index (κ2) is 9.44. The molecule has 2 amide bonds. The molecule has 0 radical (unpaired) electrons. The molecule has 2 aliphatic rings. The standard InChI is InChI=1S/C24H34N4O4S/c1-5-32-23(31)28-12-10-27(11-13-28)19(29)9-8-18-25-21(30)20-16-7-6-15(24(2,3)4)14-17(16)33-22(20)26-18/h15H,5-14H2,1-4H3,(H,25,26,30)/t15-/m1/s1. The quantitative estimate of drug-likeness (QED) is 0.733. The Labute approximate surface area is 198 Å². The van der Waals surface area contributed by atoms with Crippen molar-refractivity contribution in [1.29, 1.82) is 0 Å². The molecule has 1 atom stereocenters. The summed E-state index contributed by atoms with van der Waals surface area (Å²) in [5.41, 5.74) is 1.34. The van der Waals surface area contributed by atoms with E-state index >= 15 is 0 Å². The molecule has 1 aliphatic carbocycles. The fraction of sp³-hybridized carbons (Fsp3) is 0.667. The van der Waals surface area contributed by atoms with Crippen LogP contribution in [0, 0.1) is 11.3 Å². The van der Waals surface area contributed by atoms with Crippen LogP contribution < -0.4 is 5.56 Å². The Balaban J connectivity index is 1.39. The highest BCUT2D eigenvalue weighted by atomic mass is 32.1. The number of hydrogen-bond acceptors (Lipinski definition) is 6. The second-order valence-electron chi connectivity index (χ2n) is 10.1. The highest BCUT2D eigenvalue weighted by molar-refractivity contribution is 7.18. The largest absolute Gasteiger partial charge is 0.450 e. The van der Waals surface area contributed by atoms with Crippen LogP contribution in [0.4, 0.5) is 4.79 Å². The third kappa shape index (κ3) is 5.08. The van der Waals surface area contributed by atoms with Crippen LogP contribution in [-0.2, 0) is 28.8 Å². The SMILES string of the molecule is CCOC(=O)N1CCN(C(=O)CCc2nc3sc4c(c3c(=O)[nH]2)CC[C@@H](C(C)(C)C)C4)CC1. The number of rotatable bonds is 4. The first-order chi connectivity index (χ1) is 15.7. The number of nitrogens with one attached hydrogen (secondary N) is 1. The van der Waals surface area contributed by atoms with Crippen molar-refractivity contribution in [1.82, 2.24) is 19.8 Å². The van der Waals surface area contributed by atoms with Gasteiger partial charge >= 0.3 is 6.09 Å². The lowest BCUT2D eigenvalue weighted by atomic mass is 9.72. The Morgan fingerprint density at radius 1 is 1.18 bits per heavy atom. The number of amides is 2. The van der Waals surface area contributed by atoms with Crippen LogP contribution >= 0.6 is 11.3 Å². The highest BCUT2D eigenvalue weighted by Crippen LogP contribution is 2.41. The summed E-state index contributed by atoms with van der Waals surface area (Å²) in [6.45, 7) is 10.9. The summed E-state index contributed by atoms with van der Waals surface area (Å²) in [7, 11) is 0. The van der Waals surface area contributed by atoms with Gasteiger partial charge in [0.2, 0.25) is 5.91 Å². The van der Waals surface area contributed by atoms with Crippen molar-refractivity contribution in [2.24, 2.45) is 11.3 Å². The molecule has 3 heterocycles. The van der Waals surface area contributed by atoms with E-state index < -0.39 is 0 Å². The van der Waals surface area contributed by atoms with Crippen molar-refractivity contribution < 1.29 is 14.3 Å². The average molecular weight is 475 g/mol. The summed E-state index contributed by atoms with van der Waals surface area (Å²) in [5.74, 6) is 1.19. The molecule has 1 N–H and O–H groups in total. The minimum absolute atomic E-state index is 0.0137. The number of carbonyl (C=O) groups is 2. The Kier molecular flexibility index (Phi) is 6.79. The number of aromatic amines is 1. The molecule has 0 aromatic carbocycles. The second-order valence-corrected chi connectivity index (χ2v) is 11.2. The van der Waals surface area contributed by atoms with Gasteiger partial charge in [-0.1, -0.05) is 20.8 Å². The van der Waals surface area contributed by atoms with Gasteiger partial charge in [-0.2, -0.15) is 0 Å². The van der Waals surface area contributed by atoms with Gasteiger partial charge in [0.15, 0.2) is 0 Å². The summed E-state index contributed by atoms with van der Waals surface area (Å²) >= 11 is 1.64. The number of nitrogens with zero attached hydrogens (tertiary/aromatic N) is 3. The number of carbonyl (C=O) groups excluding carboxylic acids is 2. The molecular formula is C24H34N4O4S. The van der Waals surface area contributed by atoms with Crippen LogP contribution in [0.15, 0.2) is 4.79 Å². The summed E-state index contributed by atoms with van der Waals surface area (Å²) in [4.78, 5) is 50.5. The van der Waals surface area contributed by atoms with E-state index in [1.54, 1.807) is 28.1 Å². The molecule has 180 valence electrons. The fourth-order valence-electron chi connectivity index (χ4n) is 4.82. The molecule has 4 rings (SSSR count). The van der Waals surface area contributed by atoms with Crippen molar-refractivity contribution in [3.8, 4) is 0 Å². The van der Waals surface area contributed by atoms with E-state index in [1.165, 1.54) is 10.4 Å². The third-order valence-electron chi connectivity index (χ3n) is 6.93. The number of aryl methyl sites for hydroxylation is 2. The predicted octanol–water partition coefficient (Wildman–Crippen LogP) is 3.37. The number of hydrogen-bond donors (Lipinski definition) is 1. The van der Waals surface area contributed by atoms with Crippen molar-refractivity contribution in [2.45, 2.75) is 59.8 Å². The lowest BCUT2D eigenvalue weighted by Crippen LogP contribution is -2.50. The Morgan fingerprint density at radius 2 is 1.88 bits per heavy atom. The molecule has 9 heteroatoms. The van der Waals surface area contributed by atoms with Crippen molar-refractivity contribution in [3.63, 3.8) is 0 Å². The van der Waals surface area contributed by atoms with Crippen LogP contribution in [0.5, 0.6) is 0 Å². The van der Waals surface area contributed by atoms with E-state index in [2.05, 4.69) is 25.8 Å². The van der Waals surface area contributed by atoms with Gasteiger partial charge in [0.25, 0.3) is 5.56 Å². The van der Waals surface area contributed by atoms with Crippen molar-refractivity contribution in [3.05, 3.63) is 26.6 Å². The van der Waals surface area contributed by atoms with Gasteiger partial charge in [0, 0.05) is 43.9 Å². The first-order valence-electron chi connectivity index (χ1n) is 11.9. The molecule has 0 bridgehead atoms. The molecule has 8 nitrogen and oxygen atoms in total. The van der Waals surface area contributed by atoms with Crippen LogP contribution in [0.3, 0.4) is 0 Å². The minimum atomic E-state index is -0.327. The number of fused-ring (bicyclic) bond motifs is 3. The summed E-state index contributed by atoms with van der Waals surface area (Å²) in [5, 5.41) is 0.743. The monoisotopic (exact) mass is 474 g/mol. The molecule has 2 aromatic rings. The topological polar surface area (TPSA) is 95.6 Å². The fourth-order valence-corrected chi connectivity index (χ4v) is 6.14. The van der Waals surface area contributed by atoms with E-state index in [9.17, 15) is 14.4 Å². The molecule has 1 aliphatic heterocycles. The van der Waals surface area contributed by atoms with Gasteiger partial charge in [-0.05, 0) is 43.1 Å². The molecule has 1 fully saturated rings. The van der Waals surface area contributed by atoms with E-state index in [1.807, 2.05) is 0 Å². The van der Waals surface area contributed by atoms with Gasteiger partial charge in [-0.15, -0.1) is 11.3 Å². The van der Waals surface area contributed by atoms with Gasteiger partial charge < -0.3 is 19.5 Å². The molecule has 1 saturated heterocycles. The number of H-pyrrole nitrogens is 1. The maximum Gasteiger partial charge on any atom is 0.409 e. The minimum Gasteiger partial charge on any atom is -0.450 e. The maximum atomic E-state index is 12.9. The highest BCUT2D eigenvalue weighted by Gasteiger charge is 2.32. The Hall–Kier alpha value is -2.42. The van der Waals surface area contributed by atoms with Crippen molar-refractivity contribution >= 4 is 33.6 Å². The normalized spacial score (nSPS) is 19.0. The summed E-state index contributed by atoms with van der Waals surface area (Å²) in [6.07, 6.45) is 3.39. The van der Waals surface area contributed by atoms with Crippen LogP contribution in [0.1, 0.15) is 56.8 Å². The average Bonchev–Trinajstić information content (AvgIpc) is 3.15. The third-order valence-corrected chi connectivity index (χ3v) is 8.08. The van der Waals surface area contributed by atoms with Crippen molar-refractivity contribution in [2.75, 3.05) is 32.8 Å². The molecule has 33 heavy (non-hydrogen) atoms. The first-order valence-corrected chi connectivity index (χ1v) is 12.7. The van der Waals surface area contributed by atoms with Gasteiger partial charge in [-0.25, -0.2) is 9.78 Å². The lowest BCUT2D eigenvalue weighted by molar-refractivity contribution is -0.132. The smallest absolute Gasteiger partial charge is 0.409 e. The predicted molar refractivity (Wildman–Crippen MR) is 129 cm³/mol. The molecule has 0 spiro atoms. The van der Waals surface area contributed by atoms with E-state index in [0.717, 1.165) is 29.5 Å². The maximum absolute atomic E-state index is 12.9. The number of thiophene rings is 1. The van der Waals surface area contributed by atoms with E-state index in [-0.39, 0.29) is 29.4 Å². The number of aromatic nitrogens is 2. The zero-order valence-corrected chi connectivity index (χ0v) is 20.8. The molecule has 0 unspecified atom stereocenters. The summed E-state index contributed by atoms with van der Waals surface area (Å²) in [6, 6.07) is 0. The van der Waals surface area contributed by atoms with Crippen LogP contribution in [0.25, 0.3) is 10.2 Å².